The van der Waals surface area contributed by atoms with Crippen LogP contribution in [0.25, 0.3) is 0 Å². The summed E-state index contributed by atoms with van der Waals surface area (Å²) in [6.45, 7) is 0.668. The molecule has 0 bridgehead atoms. The van der Waals surface area contributed by atoms with Gasteiger partial charge in [0.15, 0.2) is 10.8 Å². The number of halogens is 2. The third-order valence-corrected chi connectivity index (χ3v) is 7.68. The van der Waals surface area contributed by atoms with Crippen molar-refractivity contribution in [3.05, 3.63) is 82.3 Å². The van der Waals surface area contributed by atoms with Crippen molar-refractivity contribution in [1.29, 1.82) is 0 Å². The van der Waals surface area contributed by atoms with Gasteiger partial charge in [-0.25, -0.2) is 14.5 Å². The molecule has 1 heterocycles. The Morgan fingerprint density at radius 1 is 1.05 bits per heavy atom. The second-order valence-electron chi connectivity index (χ2n) is 8.92. The summed E-state index contributed by atoms with van der Waals surface area (Å²) in [5.41, 5.74) is 1.91. The molecule has 1 fully saturated rings. The fourth-order valence-electron chi connectivity index (χ4n) is 4.28. The molecule has 9 nitrogen and oxygen atoms in total. The molecule has 1 unspecified atom stereocenters. The summed E-state index contributed by atoms with van der Waals surface area (Å²) in [5.74, 6) is -0.311. The van der Waals surface area contributed by atoms with Crippen molar-refractivity contribution in [2.24, 2.45) is 0 Å². The van der Waals surface area contributed by atoms with Crippen LogP contribution < -0.4 is 20.1 Å². The van der Waals surface area contributed by atoms with E-state index in [0.29, 0.717) is 41.4 Å². The van der Waals surface area contributed by atoms with Crippen LogP contribution in [0.4, 0.5) is 16.2 Å². The summed E-state index contributed by atoms with van der Waals surface area (Å²) in [6.07, 6.45) is 1.27. The number of urea groups is 1. The topological polar surface area (TPSA) is 117 Å². The summed E-state index contributed by atoms with van der Waals surface area (Å²) < 4.78 is 12.0. The first-order valence-electron chi connectivity index (χ1n) is 12.1. The minimum absolute atomic E-state index is 0.0626. The Balaban J connectivity index is 1.38. The number of alkyl halides is 1. The smallest absolute Gasteiger partial charge is 0.335 e. The van der Waals surface area contributed by atoms with E-state index >= 15 is 0 Å². The van der Waals surface area contributed by atoms with Crippen LogP contribution in [0.3, 0.4) is 0 Å². The minimum Gasteiger partial charge on any atom is -0.495 e. The fourth-order valence-corrected chi connectivity index (χ4v) is 4.99. The quantitative estimate of drug-likeness (QED) is 0.190. The second-order valence-corrected chi connectivity index (χ2v) is 10.4. The number of hydrogen-bond acceptors (Lipinski definition) is 6. The molecule has 3 N–H and O–H groups in total. The highest BCUT2D eigenvalue weighted by atomic mass is 79.9. The number of likely N-dealkylation sites (tertiary alicyclic amines) is 1. The lowest BCUT2D eigenvalue weighted by atomic mass is 10.0. The summed E-state index contributed by atoms with van der Waals surface area (Å²) in [5, 5.41) is 14.6. The van der Waals surface area contributed by atoms with E-state index in [1.165, 1.54) is 19.2 Å². The van der Waals surface area contributed by atoms with Gasteiger partial charge in [-0.2, -0.15) is 0 Å². The number of hydrogen-bond donors (Lipinski definition) is 3. The number of para-hydroxylation sites is 1. The molecule has 2 amide bonds. The molecule has 4 rings (SSSR count). The van der Waals surface area contributed by atoms with E-state index in [1.807, 2.05) is 18.2 Å². The molecule has 0 spiro atoms. The number of rotatable bonds is 10. The maximum Gasteiger partial charge on any atom is 0.335 e. The largest absolute Gasteiger partial charge is 0.495 e. The number of ether oxygens (including phenoxy) is 2. The van der Waals surface area contributed by atoms with E-state index in [1.54, 1.807) is 41.3 Å². The van der Waals surface area contributed by atoms with Crippen molar-refractivity contribution in [3.8, 4) is 11.5 Å². The molecule has 0 radical (unpaired) electrons. The van der Waals surface area contributed by atoms with Gasteiger partial charge in [-0.15, -0.1) is 0 Å². The van der Waals surface area contributed by atoms with Gasteiger partial charge < -0.3 is 25.2 Å². The molecule has 204 valence electrons. The molecule has 1 aliphatic heterocycles. The van der Waals surface area contributed by atoms with Gasteiger partial charge in [0.1, 0.15) is 18.2 Å². The number of ketones is 1. The number of benzene rings is 3. The first-order chi connectivity index (χ1) is 18.7. The van der Waals surface area contributed by atoms with Gasteiger partial charge in [-0.1, -0.05) is 29.8 Å². The predicted molar refractivity (Wildman–Crippen MR) is 152 cm³/mol. The van der Waals surface area contributed by atoms with Crippen molar-refractivity contribution in [2.45, 2.75) is 24.3 Å². The molecule has 0 saturated carbocycles. The Hall–Kier alpha value is -3.60. The number of carbonyl (C=O) groups excluding carboxylic acids is 2. The Labute approximate surface area is 239 Å². The lowest BCUT2D eigenvalue weighted by Gasteiger charge is -2.31. The van der Waals surface area contributed by atoms with Crippen LogP contribution in [-0.4, -0.2) is 53.2 Å². The normalized spacial score (nSPS) is 16.9. The molecule has 0 aromatic heterocycles. The standard InChI is InChI=1S/C28H27BrClN3O6/c1-38-24-15-18(7-12-23(24)32-27(37)31-22-6-3-2-5-21(22)29)16-25(34)28(30)13-4-14-33(28)17-39-20-10-8-19(9-11-20)26(35)36/h2-3,5-12,15H,4,13-14,16-17H2,1H3,(H,35,36)(H2,31,32,37). The number of carboxylic acid groups (broad SMARTS) is 1. The second kappa shape index (κ2) is 12.5. The number of nitrogens with one attached hydrogen (secondary N) is 2. The van der Waals surface area contributed by atoms with Gasteiger partial charge in [-0.05, 0) is 82.9 Å². The third-order valence-electron chi connectivity index (χ3n) is 6.35. The Kier molecular flexibility index (Phi) is 9.11. The van der Waals surface area contributed by atoms with Gasteiger partial charge in [0, 0.05) is 17.4 Å². The molecule has 1 saturated heterocycles. The number of aromatic carboxylic acids is 1. The molecule has 0 aliphatic carbocycles. The number of carboxylic acids is 1. The molecular weight excluding hydrogens is 590 g/mol. The number of anilines is 2. The van der Waals surface area contributed by atoms with Crippen LogP contribution in [0.15, 0.2) is 71.2 Å². The first kappa shape index (κ1) is 28.4. The number of nitrogens with zero attached hydrogens (tertiary/aromatic N) is 1. The fraction of sp³-hybridized carbons (Fsp3) is 0.250. The predicted octanol–water partition coefficient (Wildman–Crippen LogP) is 5.98. The van der Waals surface area contributed by atoms with Crippen molar-refractivity contribution in [2.75, 3.05) is 31.0 Å². The average Bonchev–Trinajstić information content (AvgIpc) is 3.31. The zero-order valence-electron chi connectivity index (χ0n) is 21.1. The summed E-state index contributed by atoms with van der Waals surface area (Å²) in [6, 6.07) is 18.0. The summed E-state index contributed by atoms with van der Waals surface area (Å²) in [7, 11) is 1.49. The van der Waals surface area contributed by atoms with Crippen LogP contribution in [0.2, 0.25) is 0 Å². The molecular formula is C28H27BrClN3O6. The molecule has 11 heteroatoms. The molecule has 39 heavy (non-hydrogen) atoms. The average molecular weight is 617 g/mol. The zero-order chi connectivity index (χ0) is 28.0. The van der Waals surface area contributed by atoms with Crippen molar-refractivity contribution in [1.82, 2.24) is 4.90 Å². The summed E-state index contributed by atoms with van der Waals surface area (Å²) >= 11 is 10.2. The Morgan fingerprint density at radius 2 is 1.77 bits per heavy atom. The highest BCUT2D eigenvalue weighted by Crippen LogP contribution is 2.36. The Morgan fingerprint density at radius 3 is 2.46 bits per heavy atom. The van der Waals surface area contributed by atoms with Gasteiger partial charge >= 0.3 is 12.0 Å². The molecule has 3 aromatic rings. The van der Waals surface area contributed by atoms with E-state index in [-0.39, 0.29) is 24.5 Å². The van der Waals surface area contributed by atoms with Crippen LogP contribution in [0, 0.1) is 0 Å². The van der Waals surface area contributed by atoms with E-state index in [9.17, 15) is 14.4 Å². The molecule has 3 aromatic carbocycles. The first-order valence-corrected chi connectivity index (χ1v) is 13.3. The molecule has 1 atom stereocenters. The zero-order valence-corrected chi connectivity index (χ0v) is 23.4. The van der Waals surface area contributed by atoms with Crippen LogP contribution >= 0.6 is 27.5 Å². The SMILES string of the molecule is COc1cc(CC(=O)C2(Cl)CCCN2COc2ccc(C(=O)O)cc2)ccc1NC(=O)Nc1ccccc1Br. The van der Waals surface area contributed by atoms with E-state index in [2.05, 4.69) is 26.6 Å². The summed E-state index contributed by atoms with van der Waals surface area (Å²) in [4.78, 5) is 37.5. The van der Waals surface area contributed by atoms with Gasteiger partial charge in [0.05, 0.1) is 24.0 Å². The number of methoxy groups -OCH3 is 1. The Bertz CT molecular complexity index is 1370. The highest BCUT2D eigenvalue weighted by Gasteiger charge is 2.45. The highest BCUT2D eigenvalue weighted by molar-refractivity contribution is 9.10. The van der Waals surface area contributed by atoms with Gasteiger partial charge in [0.2, 0.25) is 0 Å². The minimum atomic E-state index is -1.23. The van der Waals surface area contributed by atoms with E-state index in [0.717, 1.165) is 10.9 Å². The third kappa shape index (κ3) is 6.89. The maximum atomic E-state index is 13.4. The lowest BCUT2D eigenvalue weighted by molar-refractivity contribution is -0.125. The number of Topliss-reactive ketones (excluding diaryl/α,β-unsaturated/α-hetero) is 1. The van der Waals surface area contributed by atoms with Gasteiger partial charge in [-0.3, -0.25) is 4.79 Å². The molecule has 1 aliphatic rings. The van der Waals surface area contributed by atoms with Crippen LogP contribution in [0.5, 0.6) is 11.5 Å². The number of amides is 2. The van der Waals surface area contributed by atoms with Gasteiger partial charge in [0.25, 0.3) is 0 Å². The number of carbonyl (C=O) groups is 3. The van der Waals surface area contributed by atoms with Crippen LogP contribution in [-0.2, 0) is 11.2 Å². The van der Waals surface area contributed by atoms with Crippen LogP contribution in [0.1, 0.15) is 28.8 Å². The monoisotopic (exact) mass is 615 g/mol. The lowest BCUT2D eigenvalue weighted by Crippen LogP contribution is -2.48. The van der Waals surface area contributed by atoms with Crippen molar-refractivity contribution < 1.29 is 29.0 Å². The van der Waals surface area contributed by atoms with Crippen molar-refractivity contribution in [3.63, 3.8) is 0 Å². The van der Waals surface area contributed by atoms with Crippen molar-refractivity contribution >= 4 is 56.7 Å². The maximum absolute atomic E-state index is 13.4. The van der Waals surface area contributed by atoms with E-state index in [4.69, 9.17) is 26.2 Å². The van der Waals surface area contributed by atoms with E-state index < -0.39 is 17.0 Å².